The van der Waals surface area contributed by atoms with Crippen molar-refractivity contribution in [2.24, 2.45) is 10.4 Å². The molecule has 1 amide bonds. The quantitative estimate of drug-likeness (QED) is 0.349. The first-order chi connectivity index (χ1) is 13.5. The number of halogens is 1. The van der Waals surface area contributed by atoms with Crippen LogP contribution in [0.2, 0.25) is 0 Å². The van der Waals surface area contributed by atoms with E-state index in [-0.39, 0.29) is 29.9 Å². The average Bonchev–Trinajstić information content (AvgIpc) is 3.08. The summed E-state index contributed by atoms with van der Waals surface area (Å²) in [6.45, 7) is 9.18. The van der Waals surface area contributed by atoms with Crippen molar-refractivity contribution in [3.63, 3.8) is 0 Å². The highest BCUT2D eigenvalue weighted by molar-refractivity contribution is 14.0. The average molecular weight is 512 g/mol. The molecule has 1 aromatic carbocycles. The van der Waals surface area contributed by atoms with Gasteiger partial charge in [0, 0.05) is 46.2 Å². The monoisotopic (exact) mass is 512 g/mol. The molecule has 0 aromatic heterocycles. The van der Waals surface area contributed by atoms with Crippen LogP contribution in [0.1, 0.15) is 63.5 Å². The van der Waals surface area contributed by atoms with Crippen LogP contribution in [0.5, 0.6) is 0 Å². The summed E-state index contributed by atoms with van der Waals surface area (Å²) >= 11 is 0. The fraction of sp³-hybridized carbons (Fsp3) is 0.652. The number of carbonyl (C=O) groups is 1. The highest BCUT2D eigenvalue weighted by Gasteiger charge is 2.31. The number of likely N-dealkylation sites (tertiary alicyclic amines) is 2. The van der Waals surface area contributed by atoms with Crippen molar-refractivity contribution in [3.8, 4) is 0 Å². The van der Waals surface area contributed by atoms with Gasteiger partial charge in [-0.1, -0.05) is 44.5 Å². The molecule has 162 valence electrons. The first-order valence-corrected chi connectivity index (χ1v) is 10.8. The number of carbonyl (C=O) groups excluding carboxylic acids is 1. The van der Waals surface area contributed by atoms with Gasteiger partial charge in [-0.2, -0.15) is 0 Å². The topological polar surface area (TPSA) is 47.9 Å². The molecule has 29 heavy (non-hydrogen) atoms. The molecule has 3 rings (SSSR count). The first kappa shape index (κ1) is 24.0. The summed E-state index contributed by atoms with van der Waals surface area (Å²) in [4.78, 5) is 21.0. The molecule has 1 atom stereocenters. The van der Waals surface area contributed by atoms with Crippen molar-refractivity contribution in [1.29, 1.82) is 0 Å². The van der Waals surface area contributed by atoms with Crippen LogP contribution in [0, 0.1) is 5.41 Å². The van der Waals surface area contributed by atoms with Crippen LogP contribution in [0.4, 0.5) is 0 Å². The van der Waals surface area contributed by atoms with Gasteiger partial charge in [-0.3, -0.25) is 9.79 Å². The summed E-state index contributed by atoms with van der Waals surface area (Å²) in [5.41, 5.74) is 2.87. The maximum Gasteiger partial charge on any atom is 0.222 e. The van der Waals surface area contributed by atoms with Crippen molar-refractivity contribution in [2.45, 2.75) is 65.5 Å². The Morgan fingerprint density at radius 1 is 1.21 bits per heavy atom. The van der Waals surface area contributed by atoms with Crippen LogP contribution in [-0.4, -0.2) is 48.3 Å². The molecule has 2 aliphatic rings. The lowest BCUT2D eigenvalue weighted by atomic mass is 9.78. The molecule has 0 bridgehead atoms. The second-order valence-electron chi connectivity index (χ2n) is 8.67. The zero-order valence-electron chi connectivity index (χ0n) is 18.2. The molecule has 0 aliphatic carbocycles. The minimum atomic E-state index is 0. The predicted molar refractivity (Wildman–Crippen MR) is 131 cm³/mol. The van der Waals surface area contributed by atoms with Crippen LogP contribution in [0.3, 0.4) is 0 Å². The van der Waals surface area contributed by atoms with Crippen molar-refractivity contribution < 1.29 is 4.79 Å². The molecule has 2 heterocycles. The summed E-state index contributed by atoms with van der Waals surface area (Å²) in [5, 5.41) is 3.58. The van der Waals surface area contributed by atoms with E-state index in [1.54, 1.807) is 0 Å². The molecule has 1 unspecified atom stereocenters. The molecule has 1 aromatic rings. The van der Waals surface area contributed by atoms with E-state index in [9.17, 15) is 4.79 Å². The van der Waals surface area contributed by atoms with E-state index in [2.05, 4.69) is 53.3 Å². The zero-order valence-corrected chi connectivity index (χ0v) is 20.6. The minimum absolute atomic E-state index is 0. The van der Waals surface area contributed by atoms with Crippen molar-refractivity contribution >= 4 is 35.8 Å². The number of nitrogens with one attached hydrogen (secondary N) is 1. The van der Waals surface area contributed by atoms with E-state index in [0.717, 1.165) is 38.6 Å². The molecule has 0 radical (unpaired) electrons. The standard InChI is InChI=1S/C23H36N4O.HI/c1-4-12-23(2)13-8-15-27(18-23)22(24-3)25-16-19-9-5-6-10-20(19)17-26-14-7-11-21(26)28;/h5-6,9-10H,4,7-8,11-18H2,1-3H3,(H,24,25);1H. The molecule has 2 aliphatic heterocycles. The van der Waals surface area contributed by atoms with E-state index in [0.29, 0.717) is 18.4 Å². The lowest BCUT2D eigenvalue weighted by Crippen LogP contribution is -2.49. The van der Waals surface area contributed by atoms with Gasteiger partial charge in [0.2, 0.25) is 5.91 Å². The third kappa shape index (κ3) is 6.33. The Hall–Kier alpha value is -1.31. The Labute approximate surface area is 193 Å². The number of nitrogens with zero attached hydrogens (tertiary/aromatic N) is 3. The Morgan fingerprint density at radius 2 is 1.97 bits per heavy atom. The van der Waals surface area contributed by atoms with Crippen LogP contribution >= 0.6 is 24.0 Å². The normalized spacial score (nSPS) is 22.6. The van der Waals surface area contributed by atoms with Gasteiger partial charge < -0.3 is 15.1 Å². The summed E-state index contributed by atoms with van der Waals surface area (Å²) in [6.07, 6.45) is 6.72. The zero-order chi connectivity index (χ0) is 20.0. The molecule has 0 spiro atoms. The van der Waals surface area contributed by atoms with Gasteiger partial charge >= 0.3 is 0 Å². The predicted octanol–water partition coefficient (Wildman–Crippen LogP) is 4.40. The minimum Gasteiger partial charge on any atom is -0.352 e. The molecular formula is C23H37IN4O. The second kappa shape index (κ2) is 11.2. The third-order valence-corrected chi connectivity index (χ3v) is 6.23. The third-order valence-electron chi connectivity index (χ3n) is 6.23. The Bertz CT molecular complexity index is 704. The van der Waals surface area contributed by atoms with E-state index in [4.69, 9.17) is 0 Å². The van der Waals surface area contributed by atoms with Gasteiger partial charge in [-0.05, 0) is 42.2 Å². The number of hydrogen-bond donors (Lipinski definition) is 1. The van der Waals surface area contributed by atoms with E-state index < -0.39 is 0 Å². The number of piperidine rings is 1. The summed E-state index contributed by atoms with van der Waals surface area (Å²) in [6, 6.07) is 8.45. The first-order valence-electron chi connectivity index (χ1n) is 10.8. The van der Waals surface area contributed by atoms with Gasteiger partial charge in [-0.15, -0.1) is 24.0 Å². The number of guanidine groups is 1. The largest absolute Gasteiger partial charge is 0.352 e. The van der Waals surface area contributed by atoms with Crippen molar-refractivity contribution in [1.82, 2.24) is 15.1 Å². The summed E-state index contributed by atoms with van der Waals surface area (Å²) < 4.78 is 0. The fourth-order valence-corrected chi connectivity index (χ4v) is 4.77. The summed E-state index contributed by atoms with van der Waals surface area (Å²) in [5.74, 6) is 1.27. The van der Waals surface area contributed by atoms with E-state index in [1.807, 2.05) is 11.9 Å². The van der Waals surface area contributed by atoms with Gasteiger partial charge in [0.15, 0.2) is 5.96 Å². The number of rotatable bonds is 6. The molecule has 0 saturated carbocycles. The van der Waals surface area contributed by atoms with Gasteiger partial charge in [0.1, 0.15) is 0 Å². The van der Waals surface area contributed by atoms with Crippen LogP contribution in [-0.2, 0) is 17.9 Å². The maximum atomic E-state index is 12.0. The second-order valence-corrected chi connectivity index (χ2v) is 8.67. The van der Waals surface area contributed by atoms with Crippen LogP contribution in [0.15, 0.2) is 29.3 Å². The number of amides is 1. The smallest absolute Gasteiger partial charge is 0.222 e. The van der Waals surface area contributed by atoms with E-state index >= 15 is 0 Å². The van der Waals surface area contributed by atoms with Crippen molar-refractivity contribution in [2.75, 3.05) is 26.7 Å². The number of hydrogen-bond acceptors (Lipinski definition) is 2. The Balaban J connectivity index is 0.00000300. The van der Waals surface area contributed by atoms with Gasteiger partial charge in [0.05, 0.1) is 0 Å². The Morgan fingerprint density at radius 3 is 2.62 bits per heavy atom. The maximum absolute atomic E-state index is 12.0. The molecule has 1 N–H and O–H groups in total. The summed E-state index contributed by atoms with van der Waals surface area (Å²) in [7, 11) is 1.88. The van der Waals surface area contributed by atoms with Crippen LogP contribution in [0.25, 0.3) is 0 Å². The van der Waals surface area contributed by atoms with E-state index in [1.165, 1.54) is 36.8 Å². The molecule has 2 saturated heterocycles. The number of aliphatic imine (C=N–C) groups is 1. The SMILES string of the molecule is CCCC1(C)CCCN(C(=NC)NCc2ccccc2CN2CCCC2=O)C1.I. The highest BCUT2D eigenvalue weighted by Crippen LogP contribution is 2.34. The lowest BCUT2D eigenvalue weighted by Gasteiger charge is -2.42. The molecular weight excluding hydrogens is 475 g/mol. The van der Waals surface area contributed by atoms with Crippen LogP contribution < -0.4 is 5.32 Å². The number of benzene rings is 1. The Kier molecular flexibility index (Phi) is 9.24. The molecule has 5 nitrogen and oxygen atoms in total. The molecule has 6 heteroatoms. The fourth-order valence-electron chi connectivity index (χ4n) is 4.77. The molecule has 2 fully saturated rings. The van der Waals surface area contributed by atoms with Gasteiger partial charge in [0.25, 0.3) is 0 Å². The van der Waals surface area contributed by atoms with Crippen molar-refractivity contribution in [3.05, 3.63) is 35.4 Å². The van der Waals surface area contributed by atoms with Gasteiger partial charge in [-0.25, -0.2) is 0 Å². The lowest BCUT2D eigenvalue weighted by molar-refractivity contribution is -0.128. The highest BCUT2D eigenvalue weighted by atomic mass is 127.